The summed E-state index contributed by atoms with van der Waals surface area (Å²) < 4.78 is 0. The van der Waals surface area contributed by atoms with Crippen LogP contribution in [0.15, 0.2) is 30.3 Å². The number of benzene rings is 1. The lowest BCUT2D eigenvalue weighted by atomic mass is 10.1. The second-order valence-corrected chi connectivity index (χ2v) is 2.87. The molecule has 16 heavy (non-hydrogen) atoms. The van der Waals surface area contributed by atoms with Crippen LogP contribution in [0, 0.1) is 12.0 Å². The Morgan fingerprint density at radius 2 is 2.12 bits per heavy atom. The molecule has 0 heterocycles. The highest BCUT2D eigenvalue weighted by molar-refractivity contribution is 5.99. The Balaban J connectivity index is 3.01. The van der Waals surface area contributed by atoms with Gasteiger partial charge in [-0.15, -0.1) is 0 Å². The first kappa shape index (κ1) is 11.7. The second kappa shape index (κ2) is 6.20. The van der Waals surface area contributed by atoms with Crippen molar-refractivity contribution >= 4 is 18.3 Å². The average Bonchev–Trinajstić information content (AvgIpc) is 2.33. The molecule has 1 aromatic rings. The monoisotopic (exact) mass is 212 g/mol. The molecule has 0 aliphatic rings. The molecule has 0 aliphatic heterocycles. The van der Waals surface area contributed by atoms with Crippen LogP contribution in [0.5, 0.6) is 0 Å². The van der Waals surface area contributed by atoms with Gasteiger partial charge in [0.25, 0.3) is 5.91 Å². The summed E-state index contributed by atoms with van der Waals surface area (Å²) in [6.45, 7) is 1.63. The van der Waals surface area contributed by atoms with E-state index in [0.29, 0.717) is 11.1 Å². The van der Waals surface area contributed by atoms with Crippen molar-refractivity contribution in [3.05, 3.63) is 41.5 Å². The summed E-state index contributed by atoms with van der Waals surface area (Å²) in [5.74, 6) is 2.28. The van der Waals surface area contributed by atoms with E-state index < -0.39 is 0 Å². The lowest BCUT2D eigenvalue weighted by Gasteiger charge is -2.02. The summed E-state index contributed by atoms with van der Waals surface area (Å²) in [5.41, 5.74) is 1.12. The van der Waals surface area contributed by atoms with E-state index in [0.717, 1.165) is 0 Å². The number of carbonyl (C=O) groups is 1. The first-order chi connectivity index (χ1) is 7.79. The van der Waals surface area contributed by atoms with Crippen LogP contribution in [0.25, 0.3) is 6.08 Å². The van der Waals surface area contributed by atoms with Gasteiger partial charge in [0, 0.05) is 11.6 Å². The quantitative estimate of drug-likeness (QED) is 0.469. The van der Waals surface area contributed by atoms with Crippen molar-refractivity contribution in [1.29, 1.82) is 0 Å². The number of hydrogen-bond acceptors (Lipinski definition) is 2. The van der Waals surface area contributed by atoms with Crippen molar-refractivity contribution in [2.24, 2.45) is 0 Å². The molecule has 79 valence electrons. The predicted molar refractivity (Wildman–Crippen MR) is 62.1 cm³/mol. The zero-order valence-electron chi connectivity index (χ0n) is 8.78. The van der Waals surface area contributed by atoms with E-state index in [-0.39, 0.29) is 5.91 Å². The number of carbonyl (C=O) groups excluding carboxylic acids is 2. The number of nitrogens with one attached hydrogen (secondary N) is 1. The third-order valence-electron chi connectivity index (χ3n) is 1.84. The number of amides is 1. The SMILES string of the molecule is CC#CNC(=O)c1ccccc1/C=C/[C]=O. The highest BCUT2D eigenvalue weighted by Crippen LogP contribution is 2.10. The van der Waals surface area contributed by atoms with Crippen LogP contribution in [0.2, 0.25) is 0 Å². The normalized spacial score (nSPS) is 9.31. The maximum absolute atomic E-state index is 11.6. The van der Waals surface area contributed by atoms with E-state index in [1.54, 1.807) is 37.5 Å². The molecule has 0 fully saturated rings. The van der Waals surface area contributed by atoms with E-state index in [1.807, 2.05) is 0 Å². The highest BCUT2D eigenvalue weighted by Gasteiger charge is 2.06. The van der Waals surface area contributed by atoms with Crippen LogP contribution in [0.4, 0.5) is 0 Å². The van der Waals surface area contributed by atoms with Crippen LogP contribution in [0.1, 0.15) is 22.8 Å². The van der Waals surface area contributed by atoms with Crippen LogP contribution in [-0.4, -0.2) is 12.2 Å². The highest BCUT2D eigenvalue weighted by atomic mass is 16.1. The molecule has 0 aromatic heterocycles. The third-order valence-corrected chi connectivity index (χ3v) is 1.84. The largest absolute Gasteiger partial charge is 0.286 e. The fraction of sp³-hybridized carbons (Fsp3) is 0.0769. The summed E-state index contributed by atoms with van der Waals surface area (Å²) in [6.07, 6.45) is 4.38. The van der Waals surface area contributed by atoms with Crippen molar-refractivity contribution in [1.82, 2.24) is 5.32 Å². The van der Waals surface area contributed by atoms with Gasteiger partial charge in [-0.3, -0.25) is 14.9 Å². The van der Waals surface area contributed by atoms with Crippen LogP contribution < -0.4 is 5.32 Å². The molecule has 3 nitrogen and oxygen atoms in total. The Kier molecular flexibility index (Phi) is 4.55. The molecular formula is C13H10NO2. The Morgan fingerprint density at radius 3 is 2.81 bits per heavy atom. The lowest BCUT2D eigenvalue weighted by Crippen LogP contribution is -2.18. The zero-order valence-corrected chi connectivity index (χ0v) is 8.78. The minimum atomic E-state index is -0.291. The fourth-order valence-electron chi connectivity index (χ4n) is 1.16. The molecule has 3 heteroatoms. The summed E-state index contributed by atoms with van der Waals surface area (Å²) >= 11 is 0. The smallest absolute Gasteiger partial charge is 0.263 e. The summed E-state index contributed by atoms with van der Waals surface area (Å²) in [6, 6.07) is 9.41. The van der Waals surface area contributed by atoms with Gasteiger partial charge in [-0.2, -0.15) is 0 Å². The Labute approximate surface area is 94.2 Å². The minimum Gasteiger partial charge on any atom is -0.286 e. The Morgan fingerprint density at radius 1 is 1.38 bits per heavy atom. The van der Waals surface area contributed by atoms with E-state index in [9.17, 15) is 9.59 Å². The third kappa shape index (κ3) is 3.10. The summed E-state index contributed by atoms with van der Waals surface area (Å²) in [7, 11) is 0. The lowest BCUT2D eigenvalue weighted by molar-refractivity contribution is 0.0973. The molecule has 0 saturated carbocycles. The van der Waals surface area contributed by atoms with Gasteiger partial charge in [-0.1, -0.05) is 30.2 Å². The van der Waals surface area contributed by atoms with Crippen LogP contribution in [-0.2, 0) is 4.79 Å². The van der Waals surface area contributed by atoms with Crippen LogP contribution >= 0.6 is 0 Å². The van der Waals surface area contributed by atoms with E-state index in [2.05, 4.69) is 17.3 Å². The molecular weight excluding hydrogens is 202 g/mol. The van der Waals surface area contributed by atoms with Crippen molar-refractivity contribution < 1.29 is 9.59 Å². The van der Waals surface area contributed by atoms with Gasteiger partial charge in [0.1, 0.15) is 0 Å². The van der Waals surface area contributed by atoms with Crippen LogP contribution in [0.3, 0.4) is 0 Å². The first-order valence-electron chi connectivity index (χ1n) is 4.65. The van der Waals surface area contributed by atoms with Crippen molar-refractivity contribution in [3.8, 4) is 12.0 Å². The van der Waals surface area contributed by atoms with Crippen molar-refractivity contribution in [3.63, 3.8) is 0 Å². The summed E-state index contributed by atoms with van der Waals surface area (Å²) in [4.78, 5) is 21.7. The van der Waals surface area contributed by atoms with E-state index in [1.165, 1.54) is 12.2 Å². The molecule has 1 aromatic carbocycles. The minimum absolute atomic E-state index is 0.291. The fourth-order valence-corrected chi connectivity index (χ4v) is 1.16. The number of hydrogen-bond donors (Lipinski definition) is 1. The summed E-state index contributed by atoms with van der Waals surface area (Å²) in [5, 5.41) is 2.43. The van der Waals surface area contributed by atoms with E-state index in [4.69, 9.17) is 0 Å². The van der Waals surface area contributed by atoms with Gasteiger partial charge in [-0.05, 0) is 24.6 Å². The first-order valence-corrected chi connectivity index (χ1v) is 4.65. The standard InChI is InChI=1S/C13H10NO2/c1-2-9-14-13(16)12-8-4-3-6-11(12)7-5-10-15/h3-8H,1H3,(H,14,16)/b7-5+. The zero-order chi connectivity index (χ0) is 11.8. The average molecular weight is 212 g/mol. The molecule has 1 rings (SSSR count). The van der Waals surface area contributed by atoms with Gasteiger partial charge in [0.2, 0.25) is 6.29 Å². The van der Waals surface area contributed by atoms with Gasteiger partial charge in [-0.25, -0.2) is 0 Å². The molecule has 1 amide bonds. The van der Waals surface area contributed by atoms with Gasteiger partial charge < -0.3 is 0 Å². The topological polar surface area (TPSA) is 46.2 Å². The molecule has 0 bridgehead atoms. The predicted octanol–water partition coefficient (Wildman–Crippen LogP) is 1.52. The Hall–Kier alpha value is -2.34. The molecule has 0 saturated heterocycles. The molecule has 1 N–H and O–H groups in total. The number of allylic oxidation sites excluding steroid dienone is 1. The molecule has 0 aliphatic carbocycles. The number of rotatable bonds is 3. The van der Waals surface area contributed by atoms with Gasteiger partial charge in [0.15, 0.2) is 0 Å². The van der Waals surface area contributed by atoms with Crippen molar-refractivity contribution in [2.75, 3.05) is 0 Å². The second-order valence-electron chi connectivity index (χ2n) is 2.87. The van der Waals surface area contributed by atoms with Gasteiger partial charge >= 0.3 is 0 Å². The van der Waals surface area contributed by atoms with Gasteiger partial charge in [0.05, 0.1) is 0 Å². The van der Waals surface area contributed by atoms with Crippen molar-refractivity contribution in [2.45, 2.75) is 6.92 Å². The molecule has 1 radical (unpaired) electrons. The Bertz CT molecular complexity index is 478. The molecule has 0 unspecified atom stereocenters. The van der Waals surface area contributed by atoms with E-state index >= 15 is 0 Å². The molecule has 0 spiro atoms. The molecule has 0 atom stereocenters. The maximum Gasteiger partial charge on any atom is 0.263 e. The maximum atomic E-state index is 11.6.